The molecule has 0 radical (unpaired) electrons. The maximum atomic E-state index is 11.8. The standard InChI is InChI=1S/C12H20F6O/c13-11(14,15)7-3-1-5-9-19-10-6-2-4-8-12(16,17)18/h1-10H2. The van der Waals surface area contributed by atoms with Gasteiger partial charge in [-0.3, -0.25) is 0 Å². The molecule has 0 saturated carbocycles. The number of rotatable bonds is 10. The van der Waals surface area contributed by atoms with Crippen molar-refractivity contribution in [2.45, 2.75) is 63.7 Å². The van der Waals surface area contributed by atoms with Crippen LogP contribution in [-0.4, -0.2) is 25.6 Å². The molecule has 0 bridgehead atoms. The normalized spacial score (nSPS) is 12.9. The highest BCUT2D eigenvalue weighted by atomic mass is 19.4. The molecule has 0 atom stereocenters. The molecule has 0 fully saturated rings. The average molecular weight is 294 g/mol. The molecule has 7 heteroatoms. The van der Waals surface area contributed by atoms with Crippen molar-refractivity contribution in [1.29, 1.82) is 0 Å². The van der Waals surface area contributed by atoms with Crippen molar-refractivity contribution in [3.8, 4) is 0 Å². The van der Waals surface area contributed by atoms with Crippen LogP contribution in [0.15, 0.2) is 0 Å². The molecular weight excluding hydrogens is 274 g/mol. The van der Waals surface area contributed by atoms with E-state index < -0.39 is 25.2 Å². The minimum Gasteiger partial charge on any atom is -0.381 e. The van der Waals surface area contributed by atoms with Crippen LogP contribution in [0.5, 0.6) is 0 Å². The summed E-state index contributed by atoms with van der Waals surface area (Å²) in [4.78, 5) is 0. The van der Waals surface area contributed by atoms with Gasteiger partial charge in [0.25, 0.3) is 0 Å². The lowest BCUT2D eigenvalue weighted by molar-refractivity contribution is -0.136. The lowest BCUT2D eigenvalue weighted by atomic mass is 10.2. The van der Waals surface area contributed by atoms with Gasteiger partial charge in [0.1, 0.15) is 0 Å². The summed E-state index contributed by atoms with van der Waals surface area (Å²) in [5, 5.41) is 0. The van der Waals surface area contributed by atoms with Crippen molar-refractivity contribution in [1.82, 2.24) is 0 Å². The molecule has 0 aliphatic heterocycles. The Balaban J connectivity index is 3.12. The summed E-state index contributed by atoms with van der Waals surface area (Å²) in [5.74, 6) is 0. The molecule has 0 N–H and O–H groups in total. The molecule has 0 aliphatic carbocycles. The highest BCUT2D eigenvalue weighted by Gasteiger charge is 2.26. The summed E-state index contributed by atoms with van der Waals surface area (Å²) < 4.78 is 75.8. The molecule has 0 rings (SSSR count). The number of hydrogen-bond donors (Lipinski definition) is 0. The number of ether oxygens (including phenoxy) is 1. The molecule has 0 spiro atoms. The molecule has 0 saturated heterocycles. The molecule has 0 aromatic carbocycles. The SMILES string of the molecule is FC(F)(F)CCCCCOCCCCCC(F)(F)F. The number of halogens is 6. The number of unbranched alkanes of at least 4 members (excludes halogenated alkanes) is 4. The molecule has 19 heavy (non-hydrogen) atoms. The highest BCUT2D eigenvalue weighted by Crippen LogP contribution is 2.23. The molecule has 0 unspecified atom stereocenters. The summed E-state index contributed by atoms with van der Waals surface area (Å²) >= 11 is 0. The minimum atomic E-state index is -4.10. The van der Waals surface area contributed by atoms with Crippen LogP contribution in [0.25, 0.3) is 0 Å². The first-order valence-electron chi connectivity index (χ1n) is 6.42. The van der Waals surface area contributed by atoms with E-state index in [0.29, 0.717) is 38.9 Å². The van der Waals surface area contributed by atoms with Crippen molar-refractivity contribution >= 4 is 0 Å². The van der Waals surface area contributed by atoms with Crippen LogP contribution in [0.2, 0.25) is 0 Å². The van der Waals surface area contributed by atoms with Crippen LogP contribution in [0.3, 0.4) is 0 Å². The minimum absolute atomic E-state index is 0.0957. The fraction of sp³-hybridized carbons (Fsp3) is 1.00. The first-order valence-corrected chi connectivity index (χ1v) is 6.42. The van der Waals surface area contributed by atoms with Crippen LogP contribution < -0.4 is 0 Å². The van der Waals surface area contributed by atoms with E-state index in [1.54, 1.807) is 0 Å². The zero-order chi connectivity index (χ0) is 14.8. The lowest BCUT2D eigenvalue weighted by Crippen LogP contribution is -2.07. The van der Waals surface area contributed by atoms with Gasteiger partial charge >= 0.3 is 12.4 Å². The largest absolute Gasteiger partial charge is 0.389 e. The van der Waals surface area contributed by atoms with Gasteiger partial charge < -0.3 is 4.74 Å². The van der Waals surface area contributed by atoms with Gasteiger partial charge in [0.05, 0.1) is 0 Å². The molecule has 0 heterocycles. The third kappa shape index (κ3) is 17.5. The van der Waals surface area contributed by atoms with Crippen molar-refractivity contribution in [2.24, 2.45) is 0 Å². The molecule has 0 aromatic heterocycles. The molecule has 116 valence electrons. The Kier molecular flexibility index (Phi) is 9.22. The second-order valence-corrected chi connectivity index (χ2v) is 4.46. The van der Waals surface area contributed by atoms with Crippen LogP contribution in [0.1, 0.15) is 51.4 Å². The molecule has 0 amide bonds. The Bertz CT molecular complexity index is 189. The molecule has 1 nitrogen and oxygen atoms in total. The van der Waals surface area contributed by atoms with Gasteiger partial charge in [-0.2, -0.15) is 26.3 Å². The van der Waals surface area contributed by atoms with Gasteiger partial charge in [0.15, 0.2) is 0 Å². The lowest BCUT2D eigenvalue weighted by Gasteiger charge is -2.07. The van der Waals surface area contributed by atoms with E-state index >= 15 is 0 Å². The second-order valence-electron chi connectivity index (χ2n) is 4.46. The topological polar surface area (TPSA) is 9.23 Å². The van der Waals surface area contributed by atoms with Gasteiger partial charge in [0, 0.05) is 26.1 Å². The number of hydrogen-bond acceptors (Lipinski definition) is 1. The van der Waals surface area contributed by atoms with Gasteiger partial charge in [-0.25, -0.2) is 0 Å². The quantitative estimate of drug-likeness (QED) is 0.395. The van der Waals surface area contributed by atoms with E-state index in [0.717, 1.165) is 0 Å². The van der Waals surface area contributed by atoms with E-state index in [4.69, 9.17) is 4.74 Å². The predicted molar refractivity (Wildman–Crippen MR) is 59.9 cm³/mol. The predicted octanol–water partition coefficient (Wildman–Crippen LogP) is 5.25. The smallest absolute Gasteiger partial charge is 0.381 e. The Labute approximate surface area is 109 Å². The Morgan fingerprint density at radius 2 is 0.895 bits per heavy atom. The Hall–Kier alpha value is -0.460. The first kappa shape index (κ1) is 18.5. The second kappa shape index (κ2) is 9.44. The Morgan fingerprint density at radius 1 is 0.526 bits per heavy atom. The summed E-state index contributed by atoms with van der Waals surface area (Å²) in [6.07, 6.45) is -7.54. The molecule has 0 aromatic rings. The maximum Gasteiger partial charge on any atom is 0.389 e. The van der Waals surface area contributed by atoms with Gasteiger partial charge in [-0.1, -0.05) is 12.8 Å². The highest BCUT2D eigenvalue weighted by molar-refractivity contribution is 4.52. The zero-order valence-corrected chi connectivity index (χ0v) is 10.7. The third-order valence-corrected chi connectivity index (χ3v) is 2.50. The van der Waals surface area contributed by atoms with Crippen LogP contribution in [-0.2, 0) is 4.74 Å². The van der Waals surface area contributed by atoms with E-state index in [1.807, 2.05) is 0 Å². The van der Waals surface area contributed by atoms with Crippen molar-refractivity contribution in [2.75, 3.05) is 13.2 Å². The van der Waals surface area contributed by atoms with E-state index in [2.05, 4.69) is 0 Å². The molecular formula is C12H20F6O. The van der Waals surface area contributed by atoms with Crippen LogP contribution in [0.4, 0.5) is 26.3 Å². The van der Waals surface area contributed by atoms with Gasteiger partial charge in [-0.15, -0.1) is 0 Å². The summed E-state index contributed by atoms with van der Waals surface area (Å²) in [6, 6.07) is 0. The summed E-state index contributed by atoms with van der Waals surface area (Å²) in [5.41, 5.74) is 0. The third-order valence-electron chi connectivity index (χ3n) is 2.50. The van der Waals surface area contributed by atoms with Gasteiger partial charge in [-0.05, 0) is 25.7 Å². The van der Waals surface area contributed by atoms with Crippen LogP contribution in [0, 0.1) is 0 Å². The summed E-state index contributed by atoms with van der Waals surface area (Å²) in [7, 11) is 0. The maximum absolute atomic E-state index is 11.8. The average Bonchev–Trinajstić information content (AvgIpc) is 2.22. The fourth-order valence-electron chi connectivity index (χ4n) is 1.51. The van der Waals surface area contributed by atoms with E-state index in [-0.39, 0.29) is 12.8 Å². The number of alkyl halides is 6. The van der Waals surface area contributed by atoms with E-state index in [1.165, 1.54) is 0 Å². The monoisotopic (exact) mass is 294 g/mol. The fourth-order valence-corrected chi connectivity index (χ4v) is 1.51. The Morgan fingerprint density at radius 3 is 1.21 bits per heavy atom. The first-order chi connectivity index (χ1) is 8.71. The molecule has 0 aliphatic rings. The van der Waals surface area contributed by atoms with Gasteiger partial charge in [0.2, 0.25) is 0 Å². The van der Waals surface area contributed by atoms with Crippen LogP contribution >= 0.6 is 0 Å². The van der Waals surface area contributed by atoms with Crippen molar-refractivity contribution < 1.29 is 31.1 Å². The van der Waals surface area contributed by atoms with Crippen molar-refractivity contribution in [3.63, 3.8) is 0 Å². The van der Waals surface area contributed by atoms with Crippen molar-refractivity contribution in [3.05, 3.63) is 0 Å². The summed E-state index contributed by atoms with van der Waals surface area (Å²) in [6.45, 7) is 0.744. The zero-order valence-electron chi connectivity index (χ0n) is 10.7. The van der Waals surface area contributed by atoms with E-state index in [9.17, 15) is 26.3 Å².